The van der Waals surface area contributed by atoms with E-state index in [2.05, 4.69) is 26.6 Å². The summed E-state index contributed by atoms with van der Waals surface area (Å²) in [7, 11) is 0. The van der Waals surface area contributed by atoms with Gasteiger partial charge in [0.2, 0.25) is 5.91 Å². The summed E-state index contributed by atoms with van der Waals surface area (Å²) in [4.78, 5) is 11.6. The van der Waals surface area contributed by atoms with E-state index in [4.69, 9.17) is 0 Å². The Morgan fingerprint density at radius 2 is 2.19 bits per heavy atom. The molecule has 0 saturated carbocycles. The zero-order valence-electron chi connectivity index (χ0n) is 9.64. The molecule has 2 N–H and O–H groups in total. The zero-order chi connectivity index (χ0) is 12.0. The van der Waals surface area contributed by atoms with Crippen molar-refractivity contribution in [3.05, 3.63) is 28.2 Å². The molecule has 0 fully saturated rings. The van der Waals surface area contributed by atoms with Crippen LogP contribution in [0.2, 0.25) is 0 Å². The predicted octanol–water partition coefficient (Wildman–Crippen LogP) is 2.70. The lowest BCUT2D eigenvalue weighted by atomic mass is 10.2. The molecule has 0 aromatic heterocycles. The van der Waals surface area contributed by atoms with E-state index in [1.807, 2.05) is 32.0 Å². The number of rotatable bonds is 5. The van der Waals surface area contributed by atoms with Gasteiger partial charge in [0, 0.05) is 17.4 Å². The predicted molar refractivity (Wildman–Crippen MR) is 70.7 cm³/mol. The number of anilines is 1. The molecule has 1 rings (SSSR count). The number of aryl methyl sites for hydroxylation is 1. The zero-order valence-corrected chi connectivity index (χ0v) is 11.2. The van der Waals surface area contributed by atoms with E-state index in [-0.39, 0.29) is 5.91 Å². The SMILES string of the molecule is CCNCCC(=O)Nc1ccc(C)cc1Br. The number of carbonyl (C=O) groups is 1. The van der Waals surface area contributed by atoms with Crippen LogP contribution in [0.3, 0.4) is 0 Å². The van der Waals surface area contributed by atoms with E-state index in [1.165, 1.54) is 0 Å². The van der Waals surface area contributed by atoms with E-state index >= 15 is 0 Å². The van der Waals surface area contributed by atoms with Crippen LogP contribution in [-0.4, -0.2) is 19.0 Å². The van der Waals surface area contributed by atoms with Crippen LogP contribution in [0.25, 0.3) is 0 Å². The first-order chi connectivity index (χ1) is 7.63. The summed E-state index contributed by atoms with van der Waals surface area (Å²) in [5.41, 5.74) is 1.99. The van der Waals surface area contributed by atoms with Crippen LogP contribution in [-0.2, 0) is 4.79 Å². The van der Waals surface area contributed by atoms with Gasteiger partial charge in [-0.1, -0.05) is 13.0 Å². The highest BCUT2D eigenvalue weighted by atomic mass is 79.9. The van der Waals surface area contributed by atoms with E-state index in [0.29, 0.717) is 13.0 Å². The van der Waals surface area contributed by atoms with E-state index < -0.39 is 0 Å². The molecular formula is C12H17BrN2O. The first-order valence-corrected chi connectivity index (χ1v) is 6.19. The van der Waals surface area contributed by atoms with Crippen LogP contribution in [0.1, 0.15) is 18.9 Å². The monoisotopic (exact) mass is 284 g/mol. The van der Waals surface area contributed by atoms with Gasteiger partial charge in [-0.05, 0) is 47.1 Å². The van der Waals surface area contributed by atoms with Crippen molar-refractivity contribution in [1.82, 2.24) is 5.32 Å². The molecule has 1 aromatic rings. The Balaban J connectivity index is 2.49. The molecule has 3 nitrogen and oxygen atoms in total. The molecule has 0 aliphatic rings. The molecule has 0 saturated heterocycles. The molecule has 88 valence electrons. The van der Waals surface area contributed by atoms with Gasteiger partial charge in [-0.3, -0.25) is 4.79 Å². The Hall–Kier alpha value is -0.870. The lowest BCUT2D eigenvalue weighted by Gasteiger charge is -2.08. The van der Waals surface area contributed by atoms with Crippen molar-refractivity contribution in [2.75, 3.05) is 18.4 Å². The molecule has 0 unspecified atom stereocenters. The molecule has 1 aromatic carbocycles. The highest BCUT2D eigenvalue weighted by Gasteiger charge is 2.04. The second-order valence-electron chi connectivity index (χ2n) is 3.64. The van der Waals surface area contributed by atoms with Gasteiger partial charge in [0.25, 0.3) is 0 Å². The molecule has 0 aliphatic heterocycles. The lowest BCUT2D eigenvalue weighted by molar-refractivity contribution is -0.116. The summed E-state index contributed by atoms with van der Waals surface area (Å²) in [5.74, 6) is 0.0329. The van der Waals surface area contributed by atoms with Gasteiger partial charge in [-0.2, -0.15) is 0 Å². The average molecular weight is 285 g/mol. The van der Waals surface area contributed by atoms with Crippen LogP contribution >= 0.6 is 15.9 Å². The van der Waals surface area contributed by atoms with Crippen molar-refractivity contribution < 1.29 is 4.79 Å². The molecule has 0 spiro atoms. The highest BCUT2D eigenvalue weighted by Crippen LogP contribution is 2.23. The highest BCUT2D eigenvalue weighted by molar-refractivity contribution is 9.10. The van der Waals surface area contributed by atoms with Crippen molar-refractivity contribution in [2.24, 2.45) is 0 Å². The van der Waals surface area contributed by atoms with Crippen LogP contribution < -0.4 is 10.6 Å². The summed E-state index contributed by atoms with van der Waals surface area (Å²) in [6.45, 7) is 5.64. The van der Waals surface area contributed by atoms with E-state index in [0.717, 1.165) is 22.3 Å². The number of amides is 1. The summed E-state index contributed by atoms with van der Waals surface area (Å²) in [6, 6.07) is 5.87. The third-order valence-electron chi connectivity index (χ3n) is 2.18. The van der Waals surface area contributed by atoms with Crippen molar-refractivity contribution in [3.63, 3.8) is 0 Å². The molecule has 1 amide bonds. The molecule has 0 atom stereocenters. The van der Waals surface area contributed by atoms with E-state index in [1.54, 1.807) is 0 Å². The van der Waals surface area contributed by atoms with Crippen LogP contribution in [0.15, 0.2) is 22.7 Å². The first-order valence-electron chi connectivity index (χ1n) is 5.40. The molecule has 0 heterocycles. The molecule has 4 heteroatoms. The lowest BCUT2D eigenvalue weighted by Crippen LogP contribution is -2.21. The van der Waals surface area contributed by atoms with Crippen LogP contribution in [0.5, 0.6) is 0 Å². The second-order valence-corrected chi connectivity index (χ2v) is 4.49. The Morgan fingerprint density at radius 1 is 1.44 bits per heavy atom. The van der Waals surface area contributed by atoms with Gasteiger partial charge in [-0.15, -0.1) is 0 Å². The molecular weight excluding hydrogens is 268 g/mol. The number of hydrogen-bond acceptors (Lipinski definition) is 2. The third-order valence-corrected chi connectivity index (χ3v) is 2.83. The van der Waals surface area contributed by atoms with Crippen molar-refractivity contribution in [1.29, 1.82) is 0 Å². The Labute approximate surface area is 105 Å². The fourth-order valence-electron chi connectivity index (χ4n) is 1.31. The van der Waals surface area contributed by atoms with Gasteiger partial charge in [0.05, 0.1) is 5.69 Å². The minimum atomic E-state index is 0.0329. The summed E-state index contributed by atoms with van der Waals surface area (Å²) in [5, 5.41) is 5.99. The number of halogens is 1. The smallest absolute Gasteiger partial charge is 0.225 e. The number of hydrogen-bond donors (Lipinski definition) is 2. The standard InChI is InChI=1S/C12H17BrN2O/c1-3-14-7-6-12(16)15-11-5-4-9(2)8-10(11)13/h4-5,8,14H,3,6-7H2,1-2H3,(H,15,16). The van der Waals surface area contributed by atoms with Gasteiger partial charge in [0.15, 0.2) is 0 Å². The molecule has 16 heavy (non-hydrogen) atoms. The normalized spacial score (nSPS) is 10.2. The van der Waals surface area contributed by atoms with Gasteiger partial charge < -0.3 is 10.6 Å². The first kappa shape index (κ1) is 13.2. The Kier molecular flexibility index (Phi) is 5.49. The Bertz CT molecular complexity index is 366. The minimum absolute atomic E-state index is 0.0329. The summed E-state index contributed by atoms with van der Waals surface area (Å²) >= 11 is 3.43. The topological polar surface area (TPSA) is 41.1 Å². The molecule has 0 radical (unpaired) electrons. The maximum absolute atomic E-state index is 11.6. The maximum Gasteiger partial charge on any atom is 0.225 e. The van der Waals surface area contributed by atoms with Crippen molar-refractivity contribution in [3.8, 4) is 0 Å². The fourth-order valence-corrected chi connectivity index (χ4v) is 1.91. The number of benzene rings is 1. The van der Waals surface area contributed by atoms with Crippen LogP contribution in [0.4, 0.5) is 5.69 Å². The number of nitrogens with one attached hydrogen (secondary N) is 2. The fraction of sp³-hybridized carbons (Fsp3) is 0.417. The summed E-state index contributed by atoms with van der Waals surface area (Å²) in [6.07, 6.45) is 0.494. The van der Waals surface area contributed by atoms with E-state index in [9.17, 15) is 4.79 Å². The minimum Gasteiger partial charge on any atom is -0.325 e. The summed E-state index contributed by atoms with van der Waals surface area (Å²) < 4.78 is 0.921. The van der Waals surface area contributed by atoms with Crippen molar-refractivity contribution in [2.45, 2.75) is 20.3 Å². The largest absolute Gasteiger partial charge is 0.325 e. The van der Waals surface area contributed by atoms with Gasteiger partial charge >= 0.3 is 0 Å². The maximum atomic E-state index is 11.6. The van der Waals surface area contributed by atoms with Crippen molar-refractivity contribution >= 4 is 27.5 Å². The average Bonchev–Trinajstić information content (AvgIpc) is 2.23. The third kappa shape index (κ3) is 4.33. The van der Waals surface area contributed by atoms with Gasteiger partial charge in [-0.25, -0.2) is 0 Å². The molecule has 0 aliphatic carbocycles. The second kappa shape index (κ2) is 6.66. The van der Waals surface area contributed by atoms with Gasteiger partial charge in [0.1, 0.15) is 0 Å². The number of carbonyl (C=O) groups excluding carboxylic acids is 1. The quantitative estimate of drug-likeness (QED) is 0.817. The molecule has 0 bridgehead atoms. The Morgan fingerprint density at radius 3 is 2.81 bits per heavy atom. The van der Waals surface area contributed by atoms with Crippen LogP contribution in [0, 0.1) is 6.92 Å².